The second-order valence-corrected chi connectivity index (χ2v) is 8.68. The fourth-order valence-corrected chi connectivity index (χ4v) is 3.31. The van der Waals surface area contributed by atoms with Crippen LogP contribution in [0.3, 0.4) is 0 Å². The van der Waals surface area contributed by atoms with Crippen LogP contribution in [-0.4, -0.2) is 32.6 Å². The fourth-order valence-electron chi connectivity index (χ4n) is 3.31. The van der Waals surface area contributed by atoms with Crippen LogP contribution in [0.5, 0.6) is 5.75 Å². The lowest BCUT2D eigenvalue weighted by Crippen LogP contribution is -2.30. The Bertz CT molecular complexity index is 1200. The van der Waals surface area contributed by atoms with Crippen molar-refractivity contribution in [3.05, 3.63) is 90.4 Å². The second kappa shape index (κ2) is 9.69. The van der Waals surface area contributed by atoms with E-state index in [9.17, 15) is 9.90 Å². The van der Waals surface area contributed by atoms with Crippen LogP contribution in [0.25, 0.3) is 22.6 Å². The number of imidazole rings is 1. The Kier molecular flexibility index (Phi) is 6.54. The third-order valence-electron chi connectivity index (χ3n) is 5.52. The van der Waals surface area contributed by atoms with Gasteiger partial charge in [0.05, 0.1) is 11.1 Å². The largest absolute Gasteiger partial charge is 0.492 e. The molecule has 2 aromatic heterocycles. The van der Waals surface area contributed by atoms with Gasteiger partial charge < -0.3 is 14.8 Å². The minimum absolute atomic E-state index is 0.102. The number of pyridine rings is 1. The van der Waals surface area contributed by atoms with E-state index in [-0.39, 0.29) is 6.61 Å². The maximum absolute atomic E-state index is 11.2. The number of carboxylic acids is 1. The highest BCUT2D eigenvalue weighted by molar-refractivity contribution is 5.73. The van der Waals surface area contributed by atoms with Gasteiger partial charge in [0.25, 0.3) is 0 Å². The van der Waals surface area contributed by atoms with E-state index in [0.717, 1.165) is 41.2 Å². The van der Waals surface area contributed by atoms with Gasteiger partial charge in [-0.2, -0.15) is 0 Å². The van der Waals surface area contributed by atoms with Crippen molar-refractivity contribution in [2.75, 3.05) is 6.61 Å². The Labute approximate surface area is 193 Å². The van der Waals surface area contributed by atoms with Crippen LogP contribution in [0.4, 0.5) is 0 Å². The van der Waals surface area contributed by atoms with Crippen molar-refractivity contribution in [3.8, 4) is 28.4 Å². The Balaban J connectivity index is 1.37. The number of aromatic amines is 1. The summed E-state index contributed by atoms with van der Waals surface area (Å²) in [6.45, 7) is 3.38. The van der Waals surface area contributed by atoms with Crippen molar-refractivity contribution >= 4 is 5.97 Å². The van der Waals surface area contributed by atoms with Crippen molar-refractivity contribution < 1.29 is 14.6 Å². The van der Waals surface area contributed by atoms with E-state index in [4.69, 9.17) is 4.74 Å². The molecule has 33 heavy (non-hydrogen) atoms. The molecule has 0 atom stereocenters. The minimum atomic E-state index is -0.941. The molecule has 0 radical (unpaired) electrons. The molecular formula is C27H27N3O3. The second-order valence-electron chi connectivity index (χ2n) is 8.68. The van der Waals surface area contributed by atoms with Gasteiger partial charge in [-0.1, -0.05) is 30.3 Å². The highest BCUT2D eigenvalue weighted by atomic mass is 16.5. The van der Waals surface area contributed by atoms with E-state index in [1.807, 2.05) is 54.9 Å². The molecule has 4 aromatic rings. The summed E-state index contributed by atoms with van der Waals surface area (Å²) in [7, 11) is 0. The number of benzene rings is 2. The summed E-state index contributed by atoms with van der Waals surface area (Å²) in [6, 6.07) is 21.9. The summed E-state index contributed by atoms with van der Waals surface area (Å²) in [4.78, 5) is 23.7. The van der Waals surface area contributed by atoms with Crippen molar-refractivity contribution in [3.63, 3.8) is 0 Å². The van der Waals surface area contributed by atoms with Crippen LogP contribution in [0.2, 0.25) is 0 Å². The van der Waals surface area contributed by atoms with Gasteiger partial charge in [-0.15, -0.1) is 0 Å². The number of H-pyrrole nitrogens is 1. The van der Waals surface area contributed by atoms with Gasteiger partial charge >= 0.3 is 5.97 Å². The molecule has 6 nitrogen and oxygen atoms in total. The molecule has 0 aliphatic heterocycles. The first-order valence-electron chi connectivity index (χ1n) is 10.9. The number of hydrogen-bond donors (Lipinski definition) is 2. The smallest absolute Gasteiger partial charge is 0.312 e. The van der Waals surface area contributed by atoms with Gasteiger partial charge in [-0.25, -0.2) is 4.98 Å². The van der Waals surface area contributed by atoms with Crippen molar-refractivity contribution in [2.45, 2.75) is 26.7 Å². The van der Waals surface area contributed by atoms with Crippen molar-refractivity contribution in [2.24, 2.45) is 5.41 Å². The van der Waals surface area contributed by atoms with E-state index >= 15 is 0 Å². The number of aryl methyl sites for hydroxylation is 2. The molecule has 0 aliphatic rings. The summed E-state index contributed by atoms with van der Waals surface area (Å²) < 4.78 is 5.64. The summed E-state index contributed by atoms with van der Waals surface area (Å²) in [5.41, 5.74) is 4.19. The highest BCUT2D eigenvalue weighted by Gasteiger charge is 2.28. The molecule has 0 fully saturated rings. The van der Waals surface area contributed by atoms with Crippen LogP contribution in [0.15, 0.2) is 79.1 Å². The molecule has 0 aliphatic carbocycles. The topological polar surface area (TPSA) is 88.1 Å². The normalized spacial score (nSPS) is 11.3. The van der Waals surface area contributed by atoms with Gasteiger partial charge in [0.2, 0.25) is 0 Å². The number of aliphatic carboxylic acids is 1. The summed E-state index contributed by atoms with van der Waals surface area (Å²) >= 11 is 0. The molecule has 0 unspecified atom stereocenters. The highest BCUT2D eigenvalue weighted by Crippen LogP contribution is 2.25. The molecular weight excluding hydrogens is 414 g/mol. The van der Waals surface area contributed by atoms with E-state index in [0.29, 0.717) is 5.75 Å². The number of nitrogens with zero attached hydrogens (tertiary/aromatic N) is 2. The molecule has 2 N–H and O–H groups in total. The standard InChI is InChI=1S/C27H27N3O3/c1-27(2,26(31)32)18-33-23-13-9-20(10-14-23)24-15-11-21(16-28-24)25-29-17-22(30-25)12-8-19-6-4-3-5-7-19/h3-7,9-11,13-17H,8,12,18H2,1-2H3,(H,29,30)(H,31,32). The molecule has 4 rings (SSSR count). The third-order valence-corrected chi connectivity index (χ3v) is 5.52. The molecule has 6 heteroatoms. The lowest BCUT2D eigenvalue weighted by Gasteiger charge is -2.19. The van der Waals surface area contributed by atoms with Crippen LogP contribution < -0.4 is 4.74 Å². The Morgan fingerprint density at radius 1 is 0.909 bits per heavy atom. The number of nitrogens with one attached hydrogen (secondary N) is 1. The molecule has 2 aromatic carbocycles. The van der Waals surface area contributed by atoms with Gasteiger partial charge in [0, 0.05) is 29.2 Å². The van der Waals surface area contributed by atoms with Crippen LogP contribution in [0, 0.1) is 5.41 Å². The number of hydrogen-bond acceptors (Lipinski definition) is 4. The van der Waals surface area contributed by atoms with Crippen LogP contribution in [0.1, 0.15) is 25.1 Å². The van der Waals surface area contributed by atoms with Crippen molar-refractivity contribution in [1.82, 2.24) is 15.0 Å². The number of aromatic nitrogens is 3. The van der Waals surface area contributed by atoms with Gasteiger partial charge in [-0.05, 0) is 68.7 Å². The molecule has 0 spiro atoms. The van der Waals surface area contributed by atoms with E-state index < -0.39 is 11.4 Å². The molecule has 0 bridgehead atoms. The molecule has 0 amide bonds. The summed E-state index contributed by atoms with van der Waals surface area (Å²) in [5.74, 6) is 0.550. The lowest BCUT2D eigenvalue weighted by molar-refractivity contribution is -0.148. The molecule has 168 valence electrons. The third kappa shape index (κ3) is 5.66. The Hall–Kier alpha value is -3.93. The maximum atomic E-state index is 11.2. The maximum Gasteiger partial charge on any atom is 0.312 e. The average molecular weight is 442 g/mol. The summed E-state index contributed by atoms with van der Waals surface area (Å²) in [6.07, 6.45) is 5.57. The number of carbonyl (C=O) groups is 1. The quantitative estimate of drug-likeness (QED) is 0.362. The predicted octanol–water partition coefficient (Wildman–Crippen LogP) is 5.41. The molecule has 0 saturated heterocycles. The predicted molar refractivity (Wildman–Crippen MR) is 128 cm³/mol. The first kappa shape index (κ1) is 22.3. The van der Waals surface area contributed by atoms with E-state index in [2.05, 4.69) is 39.2 Å². The van der Waals surface area contributed by atoms with Crippen LogP contribution in [-0.2, 0) is 17.6 Å². The SMILES string of the molecule is CC(C)(COc1ccc(-c2ccc(-c3ncc(CCc4ccccc4)[nH]3)cn2)cc1)C(=O)O. The van der Waals surface area contributed by atoms with Crippen LogP contribution >= 0.6 is 0 Å². The zero-order valence-electron chi connectivity index (χ0n) is 18.8. The molecule has 0 saturated carbocycles. The lowest BCUT2D eigenvalue weighted by atomic mass is 9.95. The zero-order valence-corrected chi connectivity index (χ0v) is 18.8. The number of carboxylic acid groups (broad SMARTS) is 1. The van der Waals surface area contributed by atoms with Gasteiger partial charge in [0.15, 0.2) is 0 Å². The average Bonchev–Trinajstić information content (AvgIpc) is 3.32. The van der Waals surface area contributed by atoms with Crippen molar-refractivity contribution in [1.29, 1.82) is 0 Å². The van der Waals surface area contributed by atoms with E-state index in [1.54, 1.807) is 13.8 Å². The zero-order chi connectivity index (χ0) is 23.3. The number of rotatable bonds is 9. The number of ether oxygens (including phenoxy) is 1. The first-order chi connectivity index (χ1) is 15.9. The summed E-state index contributed by atoms with van der Waals surface area (Å²) in [5, 5.41) is 9.20. The van der Waals surface area contributed by atoms with Gasteiger partial charge in [0.1, 0.15) is 18.2 Å². The first-order valence-corrected chi connectivity index (χ1v) is 10.9. The Morgan fingerprint density at radius 3 is 2.30 bits per heavy atom. The Morgan fingerprint density at radius 2 is 1.64 bits per heavy atom. The monoisotopic (exact) mass is 441 g/mol. The molecule has 2 heterocycles. The van der Waals surface area contributed by atoms with Gasteiger partial charge in [-0.3, -0.25) is 9.78 Å². The minimum Gasteiger partial charge on any atom is -0.492 e. The van der Waals surface area contributed by atoms with E-state index in [1.165, 1.54) is 5.56 Å². The fraction of sp³-hybridized carbons (Fsp3) is 0.222.